The first-order valence-corrected chi connectivity index (χ1v) is 8.31. The van der Waals surface area contributed by atoms with Crippen LogP contribution in [0.3, 0.4) is 0 Å². The van der Waals surface area contributed by atoms with Crippen molar-refractivity contribution in [3.8, 4) is 0 Å². The van der Waals surface area contributed by atoms with E-state index in [1.54, 1.807) is 0 Å². The Balaban J connectivity index is 1.85. The molecule has 0 bridgehead atoms. The smallest absolute Gasteiger partial charge is 0.0361 e. The van der Waals surface area contributed by atoms with Crippen LogP contribution in [0.25, 0.3) is 22.2 Å². The Morgan fingerprint density at radius 1 is 0.864 bits per heavy atom. The van der Waals surface area contributed by atoms with Crippen molar-refractivity contribution in [2.24, 2.45) is 0 Å². The summed E-state index contributed by atoms with van der Waals surface area (Å²) in [5.41, 5.74) is 5.12. The molecule has 0 saturated carbocycles. The van der Waals surface area contributed by atoms with E-state index in [1.807, 2.05) is 11.3 Å². The normalized spacial score (nSPS) is 11.5. The highest BCUT2D eigenvalue weighted by Crippen LogP contribution is 2.31. The molecule has 0 fully saturated rings. The highest BCUT2D eigenvalue weighted by atomic mass is 32.1. The molecule has 1 nitrogen and oxygen atoms in total. The number of anilines is 1. The van der Waals surface area contributed by atoms with E-state index in [0.717, 1.165) is 0 Å². The van der Waals surface area contributed by atoms with Gasteiger partial charge in [0, 0.05) is 29.4 Å². The lowest BCUT2D eigenvalue weighted by Gasteiger charge is -2.11. The van der Waals surface area contributed by atoms with E-state index in [0.29, 0.717) is 0 Å². The predicted octanol–water partition coefficient (Wildman–Crippen LogP) is 5.75. The van der Waals surface area contributed by atoms with E-state index in [4.69, 9.17) is 0 Å². The molecule has 0 aliphatic carbocycles. The third-order valence-corrected chi connectivity index (χ3v) is 5.25. The fourth-order valence-corrected chi connectivity index (χ4v) is 3.66. The molecular weight excluding hydrogens is 286 g/mol. The summed E-state index contributed by atoms with van der Waals surface area (Å²) in [6, 6.07) is 15.3. The Morgan fingerprint density at radius 2 is 1.50 bits per heavy atom. The van der Waals surface area contributed by atoms with Crippen LogP contribution in [0, 0.1) is 13.8 Å². The van der Waals surface area contributed by atoms with Crippen molar-refractivity contribution in [1.82, 2.24) is 0 Å². The van der Waals surface area contributed by atoms with E-state index < -0.39 is 0 Å². The van der Waals surface area contributed by atoms with Gasteiger partial charge >= 0.3 is 0 Å². The number of hydrogen-bond acceptors (Lipinski definition) is 2. The third-order valence-electron chi connectivity index (χ3n) is 4.08. The molecule has 0 atom stereocenters. The van der Waals surface area contributed by atoms with E-state index in [-0.39, 0.29) is 0 Å². The van der Waals surface area contributed by atoms with Gasteiger partial charge < -0.3 is 4.90 Å². The standard InChI is InChI=1S/C20H21NS/c1-14-15(2)22-20-13-17(9-12-19(14)20)6-5-16-7-10-18(11-8-16)21(3)4/h5-13H,1-4H3/b6-5+. The molecule has 2 heteroatoms. The highest BCUT2D eigenvalue weighted by molar-refractivity contribution is 7.19. The van der Waals surface area contributed by atoms with Gasteiger partial charge in [0.1, 0.15) is 0 Å². The first-order chi connectivity index (χ1) is 10.5. The van der Waals surface area contributed by atoms with E-state index in [9.17, 15) is 0 Å². The zero-order valence-corrected chi connectivity index (χ0v) is 14.4. The molecule has 3 aromatic rings. The molecular formula is C20H21NS. The minimum Gasteiger partial charge on any atom is -0.378 e. The maximum atomic E-state index is 2.28. The van der Waals surface area contributed by atoms with Gasteiger partial charge in [0.05, 0.1) is 0 Å². The fraction of sp³-hybridized carbons (Fsp3) is 0.200. The molecule has 1 aromatic heterocycles. The lowest BCUT2D eigenvalue weighted by Crippen LogP contribution is -2.07. The Kier molecular flexibility index (Phi) is 4.04. The van der Waals surface area contributed by atoms with Crippen molar-refractivity contribution in [3.05, 3.63) is 64.0 Å². The zero-order valence-electron chi connectivity index (χ0n) is 13.6. The van der Waals surface area contributed by atoms with Gasteiger partial charge in [0.2, 0.25) is 0 Å². The Labute approximate surface area is 136 Å². The zero-order chi connectivity index (χ0) is 15.7. The average Bonchev–Trinajstić information content (AvgIpc) is 2.80. The maximum absolute atomic E-state index is 2.28. The second-order valence-corrected chi connectivity index (χ2v) is 7.11. The van der Waals surface area contributed by atoms with Gasteiger partial charge in [0.25, 0.3) is 0 Å². The number of nitrogens with zero attached hydrogens (tertiary/aromatic N) is 1. The molecule has 1 heterocycles. The highest BCUT2D eigenvalue weighted by Gasteiger charge is 2.04. The summed E-state index contributed by atoms with van der Waals surface area (Å²) in [6.45, 7) is 4.40. The van der Waals surface area contributed by atoms with Crippen LogP contribution in [0.2, 0.25) is 0 Å². The van der Waals surface area contributed by atoms with Gasteiger partial charge in [-0.25, -0.2) is 0 Å². The first kappa shape index (κ1) is 14.9. The molecule has 0 N–H and O–H groups in total. The third kappa shape index (κ3) is 2.93. The van der Waals surface area contributed by atoms with Crippen LogP contribution in [0.4, 0.5) is 5.69 Å². The molecule has 0 aliphatic heterocycles. The number of fused-ring (bicyclic) bond motifs is 1. The number of aryl methyl sites for hydroxylation is 2. The molecule has 2 aromatic carbocycles. The monoisotopic (exact) mass is 307 g/mol. The van der Waals surface area contributed by atoms with E-state index >= 15 is 0 Å². The molecule has 22 heavy (non-hydrogen) atoms. The van der Waals surface area contributed by atoms with Gasteiger partial charge in [-0.05, 0) is 54.1 Å². The Morgan fingerprint density at radius 3 is 2.18 bits per heavy atom. The van der Waals surface area contributed by atoms with Crippen LogP contribution in [0.1, 0.15) is 21.6 Å². The molecule has 0 saturated heterocycles. The van der Waals surface area contributed by atoms with E-state index in [1.165, 1.54) is 37.3 Å². The van der Waals surface area contributed by atoms with Crippen LogP contribution in [-0.4, -0.2) is 14.1 Å². The van der Waals surface area contributed by atoms with Gasteiger partial charge in [-0.3, -0.25) is 0 Å². The SMILES string of the molecule is Cc1sc2cc(/C=C/c3ccc(N(C)C)cc3)ccc2c1C. The second-order valence-electron chi connectivity index (χ2n) is 5.86. The first-order valence-electron chi connectivity index (χ1n) is 7.50. The number of thiophene rings is 1. The second kappa shape index (κ2) is 5.98. The van der Waals surface area contributed by atoms with Crippen molar-refractivity contribution < 1.29 is 0 Å². The molecule has 0 unspecified atom stereocenters. The number of benzene rings is 2. The largest absolute Gasteiger partial charge is 0.378 e. The number of hydrogen-bond donors (Lipinski definition) is 0. The summed E-state index contributed by atoms with van der Waals surface area (Å²) >= 11 is 1.88. The van der Waals surface area contributed by atoms with Gasteiger partial charge in [-0.2, -0.15) is 0 Å². The summed E-state index contributed by atoms with van der Waals surface area (Å²) in [4.78, 5) is 3.53. The average molecular weight is 307 g/mol. The van der Waals surface area contributed by atoms with Crippen LogP contribution in [-0.2, 0) is 0 Å². The van der Waals surface area contributed by atoms with Crippen molar-refractivity contribution in [3.63, 3.8) is 0 Å². The Bertz CT molecular complexity index is 823. The molecule has 3 rings (SSSR count). The van der Waals surface area contributed by atoms with E-state index in [2.05, 4.69) is 87.5 Å². The maximum Gasteiger partial charge on any atom is 0.0361 e. The molecule has 0 amide bonds. The van der Waals surface area contributed by atoms with Crippen LogP contribution in [0.5, 0.6) is 0 Å². The lowest BCUT2D eigenvalue weighted by molar-refractivity contribution is 1.13. The van der Waals surface area contributed by atoms with Crippen molar-refractivity contribution in [1.29, 1.82) is 0 Å². The summed E-state index contributed by atoms with van der Waals surface area (Å²) in [5.74, 6) is 0. The van der Waals surface area contributed by atoms with Crippen LogP contribution >= 0.6 is 11.3 Å². The quantitative estimate of drug-likeness (QED) is 0.556. The molecule has 0 radical (unpaired) electrons. The summed E-state index contributed by atoms with van der Waals surface area (Å²) in [5, 5.41) is 1.38. The molecule has 0 aliphatic rings. The summed E-state index contributed by atoms with van der Waals surface area (Å²) in [6.07, 6.45) is 4.36. The van der Waals surface area contributed by atoms with Gasteiger partial charge in [-0.15, -0.1) is 11.3 Å². The van der Waals surface area contributed by atoms with Crippen molar-refractivity contribution >= 4 is 39.3 Å². The van der Waals surface area contributed by atoms with Crippen LogP contribution < -0.4 is 4.90 Å². The molecule has 112 valence electrons. The minimum atomic E-state index is 1.23. The number of rotatable bonds is 3. The van der Waals surface area contributed by atoms with Gasteiger partial charge in [-0.1, -0.05) is 36.4 Å². The minimum absolute atomic E-state index is 1.23. The topological polar surface area (TPSA) is 3.24 Å². The summed E-state index contributed by atoms with van der Waals surface area (Å²) in [7, 11) is 4.12. The lowest BCUT2D eigenvalue weighted by atomic mass is 10.1. The van der Waals surface area contributed by atoms with Crippen molar-refractivity contribution in [2.75, 3.05) is 19.0 Å². The van der Waals surface area contributed by atoms with Crippen LogP contribution in [0.15, 0.2) is 42.5 Å². The fourth-order valence-electron chi connectivity index (χ4n) is 2.54. The van der Waals surface area contributed by atoms with Gasteiger partial charge in [0.15, 0.2) is 0 Å². The Hall–Kier alpha value is -2.06. The van der Waals surface area contributed by atoms with Crippen molar-refractivity contribution in [2.45, 2.75) is 13.8 Å². The summed E-state index contributed by atoms with van der Waals surface area (Å²) < 4.78 is 1.38. The molecule has 0 spiro atoms. The predicted molar refractivity (Wildman–Crippen MR) is 101 cm³/mol.